The quantitative estimate of drug-likeness (QED) is 0.550. The van der Waals surface area contributed by atoms with E-state index in [0.717, 1.165) is 11.1 Å². The van der Waals surface area contributed by atoms with Crippen molar-refractivity contribution >= 4 is 17.5 Å². The molecule has 0 radical (unpaired) electrons. The second kappa shape index (κ2) is 10.2. The SMILES string of the molecule is CC(NC(=O)CNC(C(=O)Nc1ccccc1)c1ccccc1)c1ccccc1. The fraction of sp³-hybridized carbons (Fsp3) is 0.167. The zero-order valence-corrected chi connectivity index (χ0v) is 16.3. The van der Waals surface area contributed by atoms with Gasteiger partial charge in [-0.05, 0) is 30.2 Å². The van der Waals surface area contributed by atoms with Gasteiger partial charge in [-0.3, -0.25) is 14.9 Å². The van der Waals surface area contributed by atoms with Crippen LogP contribution in [-0.2, 0) is 9.59 Å². The summed E-state index contributed by atoms with van der Waals surface area (Å²) in [4.78, 5) is 25.3. The van der Waals surface area contributed by atoms with Crippen molar-refractivity contribution < 1.29 is 9.59 Å². The molecule has 29 heavy (non-hydrogen) atoms. The Morgan fingerprint density at radius 3 is 1.86 bits per heavy atom. The molecule has 0 aliphatic heterocycles. The molecule has 3 aromatic rings. The van der Waals surface area contributed by atoms with E-state index in [1.165, 1.54) is 0 Å². The summed E-state index contributed by atoms with van der Waals surface area (Å²) >= 11 is 0. The molecular weight excluding hydrogens is 362 g/mol. The Labute approximate surface area is 171 Å². The van der Waals surface area contributed by atoms with Crippen LogP contribution in [0.2, 0.25) is 0 Å². The number of rotatable bonds is 8. The minimum Gasteiger partial charge on any atom is -0.348 e. The highest BCUT2D eigenvalue weighted by Gasteiger charge is 2.21. The number of amides is 2. The number of carbonyl (C=O) groups is 2. The third kappa shape index (κ3) is 6.02. The molecule has 148 valence electrons. The first-order valence-corrected chi connectivity index (χ1v) is 9.62. The van der Waals surface area contributed by atoms with E-state index in [1.807, 2.05) is 97.9 Å². The molecule has 3 aromatic carbocycles. The van der Waals surface area contributed by atoms with Crippen LogP contribution in [0.1, 0.15) is 30.1 Å². The van der Waals surface area contributed by atoms with E-state index < -0.39 is 6.04 Å². The van der Waals surface area contributed by atoms with Gasteiger partial charge in [0.25, 0.3) is 0 Å². The number of hydrogen-bond donors (Lipinski definition) is 3. The Hall–Kier alpha value is -3.44. The van der Waals surface area contributed by atoms with Crippen molar-refractivity contribution in [2.45, 2.75) is 19.0 Å². The number of carbonyl (C=O) groups excluding carboxylic acids is 2. The van der Waals surface area contributed by atoms with Gasteiger partial charge in [-0.1, -0.05) is 78.9 Å². The Morgan fingerprint density at radius 1 is 0.759 bits per heavy atom. The Balaban J connectivity index is 1.64. The largest absolute Gasteiger partial charge is 0.348 e. The van der Waals surface area contributed by atoms with Crippen LogP contribution in [0.5, 0.6) is 0 Å². The first-order chi connectivity index (χ1) is 14.1. The molecule has 3 rings (SSSR count). The van der Waals surface area contributed by atoms with Crippen molar-refractivity contribution in [1.82, 2.24) is 10.6 Å². The van der Waals surface area contributed by atoms with Crippen LogP contribution in [0.15, 0.2) is 91.0 Å². The standard InChI is InChI=1S/C24H25N3O2/c1-18(19-11-5-2-6-12-19)26-22(28)17-25-23(20-13-7-3-8-14-20)24(29)27-21-15-9-4-10-16-21/h2-16,18,23,25H,17H2,1H3,(H,26,28)(H,27,29). The van der Waals surface area contributed by atoms with Crippen molar-refractivity contribution in [3.05, 3.63) is 102 Å². The van der Waals surface area contributed by atoms with Gasteiger partial charge in [0.1, 0.15) is 6.04 Å². The summed E-state index contributed by atoms with van der Waals surface area (Å²) in [6, 6.07) is 27.6. The third-order valence-corrected chi connectivity index (χ3v) is 4.58. The van der Waals surface area contributed by atoms with Gasteiger partial charge in [-0.2, -0.15) is 0 Å². The number of nitrogens with one attached hydrogen (secondary N) is 3. The first kappa shape index (κ1) is 20.3. The predicted octanol–water partition coefficient (Wildman–Crippen LogP) is 3.83. The zero-order chi connectivity index (χ0) is 20.5. The molecule has 0 heterocycles. The fourth-order valence-electron chi connectivity index (χ4n) is 3.06. The van der Waals surface area contributed by atoms with Crippen LogP contribution in [0.3, 0.4) is 0 Å². The van der Waals surface area contributed by atoms with E-state index in [9.17, 15) is 9.59 Å². The van der Waals surface area contributed by atoms with Gasteiger partial charge < -0.3 is 10.6 Å². The third-order valence-electron chi connectivity index (χ3n) is 4.58. The lowest BCUT2D eigenvalue weighted by Gasteiger charge is -2.20. The lowest BCUT2D eigenvalue weighted by Crippen LogP contribution is -2.40. The normalized spacial score (nSPS) is 12.6. The fourth-order valence-corrected chi connectivity index (χ4v) is 3.06. The summed E-state index contributed by atoms with van der Waals surface area (Å²) in [6.07, 6.45) is 0. The van der Waals surface area contributed by atoms with Crippen molar-refractivity contribution in [1.29, 1.82) is 0 Å². The van der Waals surface area contributed by atoms with Gasteiger partial charge in [0, 0.05) is 5.69 Å². The topological polar surface area (TPSA) is 70.2 Å². The molecule has 0 fully saturated rings. The smallest absolute Gasteiger partial charge is 0.246 e. The van der Waals surface area contributed by atoms with Crippen molar-refractivity contribution in [3.8, 4) is 0 Å². The second-order valence-corrected chi connectivity index (χ2v) is 6.78. The molecule has 0 aliphatic carbocycles. The van der Waals surface area contributed by atoms with E-state index >= 15 is 0 Å². The molecule has 5 nitrogen and oxygen atoms in total. The summed E-state index contributed by atoms with van der Waals surface area (Å²) in [7, 11) is 0. The average Bonchev–Trinajstić information content (AvgIpc) is 2.76. The van der Waals surface area contributed by atoms with E-state index in [1.54, 1.807) is 0 Å². The molecule has 0 saturated heterocycles. The highest BCUT2D eigenvalue weighted by molar-refractivity contribution is 5.96. The molecule has 0 bridgehead atoms. The zero-order valence-electron chi connectivity index (χ0n) is 16.3. The van der Waals surface area contributed by atoms with E-state index in [-0.39, 0.29) is 24.4 Å². The second-order valence-electron chi connectivity index (χ2n) is 6.78. The Kier molecular flexibility index (Phi) is 7.14. The highest BCUT2D eigenvalue weighted by Crippen LogP contribution is 2.16. The maximum Gasteiger partial charge on any atom is 0.246 e. The van der Waals surface area contributed by atoms with Crippen molar-refractivity contribution in [3.63, 3.8) is 0 Å². The lowest BCUT2D eigenvalue weighted by atomic mass is 10.1. The molecule has 5 heteroatoms. The summed E-state index contributed by atoms with van der Waals surface area (Å²) in [6.45, 7) is 1.96. The minimum atomic E-state index is -0.644. The molecular formula is C24H25N3O2. The van der Waals surface area contributed by atoms with Crippen LogP contribution in [0.25, 0.3) is 0 Å². The van der Waals surface area contributed by atoms with Gasteiger partial charge >= 0.3 is 0 Å². The van der Waals surface area contributed by atoms with Crippen LogP contribution in [-0.4, -0.2) is 18.4 Å². The van der Waals surface area contributed by atoms with Crippen molar-refractivity contribution in [2.24, 2.45) is 0 Å². The van der Waals surface area contributed by atoms with Crippen LogP contribution in [0.4, 0.5) is 5.69 Å². The lowest BCUT2D eigenvalue weighted by molar-refractivity contribution is -0.121. The maximum absolute atomic E-state index is 12.9. The van der Waals surface area contributed by atoms with Crippen LogP contribution < -0.4 is 16.0 Å². The predicted molar refractivity (Wildman–Crippen MR) is 115 cm³/mol. The number of hydrogen-bond acceptors (Lipinski definition) is 3. The monoisotopic (exact) mass is 387 g/mol. The molecule has 0 aromatic heterocycles. The molecule has 2 atom stereocenters. The molecule has 0 saturated carbocycles. The van der Waals surface area contributed by atoms with Gasteiger partial charge in [0.05, 0.1) is 12.6 Å². The number of para-hydroxylation sites is 1. The summed E-state index contributed by atoms with van der Waals surface area (Å²) in [5.74, 6) is -0.388. The average molecular weight is 387 g/mol. The van der Waals surface area contributed by atoms with E-state index in [2.05, 4.69) is 16.0 Å². The number of anilines is 1. The van der Waals surface area contributed by atoms with E-state index in [0.29, 0.717) is 5.69 Å². The molecule has 2 amide bonds. The molecule has 3 N–H and O–H groups in total. The summed E-state index contributed by atoms with van der Waals surface area (Å²) < 4.78 is 0. The highest BCUT2D eigenvalue weighted by atomic mass is 16.2. The first-order valence-electron chi connectivity index (χ1n) is 9.62. The summed E-state index contributed by atoms with van der Waals surface area (Å²) in [5.41, 5.74) is 2.54. The Bertz CT molecular complexity index is 915. The molecule has 0 spiro atoms. The van der Waals surface area contributed by atoms with Gasteiger partial charge in [-0.15, -0.1) is 0 Å². The van der Waals surface area contributed by atoms with E-state index in [4.69, 9.17) is 0 Å². The van der Waals surface area contributed by atoms with Crippen molar-refractivity contribution in [2.75, 3.05) is 11.9 Å². The molecule has 2 unspecified atom stereocenters. The van der Waals surface area contributed by atoms with Crippen LogP contribution >= 0.6 is 0 Å². The maximum atomic E-state index is 12.9. The Morgan fingerprint density at radius 2 is 1.28 bits per heavy atom. The number of benzene rings is 3. The van der Waals surface area contributed by atoms with Gasteiger partial charge in [-0.25, -0.2) is 0 Å². The van der Waals surface area contributed by atoms with Gasteiger partial charge in [0.15, 0.2) is 0 Å². The van der Waals surface area contributed by atoms with Gasteiger partial charge in [0.2, 0.25) is 11.8 Å². The van der Waals surface area contributed by atoms with Crippen LogP contribution in [0, 0.1) is 0 Å². The summed E-state index contributed by atoms with van der Waals surface area (Å²) in [5, 5.41) is 8.94. The molecule has 0 aliphatic rings. The minimum absolute atomic E-state index is 0.0267.